The summed E-state index contributed by atoms with van der Waals surface area (Å²) < 4.78 is 33.0. The Labute approximate surface area is 216 Å². The highest BCUT2D eigenvalue weighted by Crippen LogP contribution is 2.30. The Balaban J connectivity index is 2.43. The molecule has 0 aliphatic heterocycles. The molecular formula is C25H34BrN3O5S. The zero-order valence-corrected chi connectivity index (χ0v) is 23.2. The van der Waals surface area contributed by atoms with Crippen LogP contribution in [-0.2, 0) is 26.2 Å². The number of para-hydroxylation sites is 2. The third kappa shape index (κ3) is 8.24. The van der Waals surface area contributed by atoms with Crippen LogP contribution in [0.1, 0.15) is 39.7 Å². The minimum absolute atomic E-state index is 0.0571. The second kappa shape index (κ2) is 12.9. The number of sulfonamides is 1. The number of nitrogens with zero attached hydrogens (tertiary/aromatic N) is 2. The van der Waals surface area contributed by atoms with E-state index in [2.05, 4.69) is 21.2 Å². The molecule has 0 spiro atoms. The van der Waals surface area contributed by atoms with Gasteiger partial charge in [0.15, 0.2) is 0 Å². The Morgan fingerprint density at radius 2 is 1.77 bits per heavy atom. The van der Waals surface area contributed by atoms with Gasteiger partial charge in [0.1, 0.15) is 18.3 Å². The van der Waals surface area contributed by atoms with Gasteiger partial charge in [0.2, 0.25) is 21.8 Å². The number of anilines is 1. The van der Waals surface area contributed by atoms with Gasteiger partial charge in [0, 0.05) is 17.1 Å². The molecule has 2 amide bonds. The number of hydrogen-bond acceptors (Lipinski definition) is 5. The molecule has 192 valence electrons. The minimum atomic E-state index is -3.84. The first kappa shape index (κ1) is 28.6. The van der Waals surface area contributed by atoms with Crippen LogP contribution in [0.15, 0.2) is 53.0 Å². The number of carbonyl (C=O) groups is 2. The van der Waals surface area contributed by atoms with Crippen LogP contribution < -0.4 is 14.4 Å². The maximum atomic E-state index is 13.6. The molecule has 2 aromatic rings. The first-order valence-corrected chi connectivity index (χ1v) is 14.2. The molecule has 0 unspecified atom stereocenters. The molecule has 0 aliphatic carbocycles. The van der Waals surface area contributed by atoms with Crippen molar-refractivity contribution in [2.75, 3.05) is 23.7 Å². The Kier molecular flexibility index (Phi) is 10.6. The highest BCUT2D eigenvalue weighted by molar-refractivity contribution is 9.10. The summed E-state index contributed by atoms with van der Waals surface area (Å²) in [5.41, 5.74) is 1.07. The minimum Gasteiger partial charge on any atom is -0.492 e. The summed E-state index contributed by atoms with van der Waals surface area (Å²) >= 11 is 3.43. The predicted molar refractivity (Wildman–Crippen MR) is 142 cm³/mol. The SMILES string of the molecule is CCOc1ccccc1N(CC(=O)N(Cc1cccc(Br)c1)[C@@H](C)C(=O)N[C@@H](C)CC)S(C)(=O)=O. The number of amides is 2. The normalized spacial score (nSPS) is 13.0. The molecule has 1 N–H and O–H groups in total. The maximum Gasteiger partial charge on any atom is 0.244 e. The molecule has 35 heavy (non-hydrogen) atoms. The number of rotatable bonds is 12. The molecule has 2 aromatic carbocycles. The number of halogens is 1. The van der Waals surface area contributed by atoms with E-state index in [4.69, 9.17) is 4.74 Å². The summed E-state index contributed by atoms with van der Waals surface area (Å²) in [6.45, 7) is 7.29. The number of benzene rings is 2. The number of hydrogen-bond donors (Lipinski definition) is 1. The number of nitrogens with one attached hydrogen (secondary N) is 1. The molecular weight excluding hydrogens is 534 g/mol. The van der Waals surface area contributed by atoms with Gasteiger partial charge in [-0.15, -0.1) is 0 Å². The maximum absolute atomic E-state index is 13.6. The summed E-state index contributed by atoms with van der Waals surface area (Å²) in [6, 6.07) is 13.2. The van der Waals surface area contributed by atoms with Gasteiger partial charge in [-0.05, 0) is 57.0 Å². The smallest absolute Gasteiger partial charge is 0.244 e. The van der Waals surface area contributed by atoms with Crippen LogP contribution in [0.5, 0.6) is 5.75 Å². The van der Waals surface area contributed by atoms with Gasteiger partial charge in [-0.3, -0.25) is 13.9 Å². The molecule has 0 radical (unpaired) electrons. The van der Waals surface area contributed by atoms with Gasteiger partial charge >= 0.3 is 0 Å². The number of carbonyl (C=O) groups excluding carboxylic acids is 2. The summed E-state index contributed by atoms with van der Waals surface area (Å²) in [6.07, 6.45) is 1.79. The van der Waals surface area contributed by atoms with Gasteiger partial charge in [0.05, 0.1) is 18.6 Å². The molecule has 10 heteroatoms. The van der Waals surface area contributed by atoms with E-state index in [0.29, 0.717) is 12.4 Å². The van der Waals surface area contributed by atoms with Crippen LogP contribution in [0.2, 0.25) is 0 Å². The third-order valence-electron chi connectivity index (χ3n) is 5.52. The van der Waals surface area contributed by atoms with Crippen molar-refractivity contribution in [2.24, 2.45) is 0 Å². The van der Waals surface area contributed by atoms with Crippen molar-refractivity contribution in [3.63, 3.8) is 0 Å². The van der Waals surface area contributed by atoms with Crippen molar-refractivity contribution in [2.45, 2.75) is 52.7 Å². The molecule has 0 heterocycles. The van der Waals surface area contributed by atoms with Crippen LogP contribution in [-0.4, -0.2) is 56.6 Å². The second-order valence-electron chi connectivity index (χ2n) is 8.32. The average Bonchev–Trinajstić information content (AvgIpc) is 2.80. The molecule has 0 saturated heterocycles. The molecule has 0 bridgehead atoms. The van der Waals surface area contributed by atoms with E-state index in [-0.39, 0.29) is 24.2 Å². The Morgan fingerprint density at radius 3 is 2.37 bits per heavy atom. The standard InChI is InChI=1S/C25H34BrN3O5S/c1-6-18(3)27-25(31)19(4)28(16-20-11-10-12-21(26)15-20)24(30)17-29(35(5,32)33)22-13-8-9-14-23(22)34-7-2/h8-15,18-19H,6-7,16-17H2,1-5H3,(H,27,31)/t18-,19-/m0/s1. The van der Waals surface area contributed by atoms with Crippen LogP contribution in [0.4, 0.5) is 5.69 Å². The van der Waals surface area contributed by atoms with E-state index in [1.807, 2.05) is 38.1 Å². The topological polar surface area (TPSA) is 96.0 Å². The fourth-order valence-electron chi connectivity index (χ4n) is 3.42. The lowest BCUT2D eigenvalue weighted by Crippen LogP contribution is -2.52. The van der Waals surface area contributed by atoms with E-state index in [9.17, 15) is 18.0 Å². The first-order valence-electron chi connectivity index (χ1n) is 11.5. The molecule has 2 atom stereocenters. The van der Waals surface area contributed by atoms with Crippen molar-refractivity contribution in [3.8, 4) is 5.75 Å². The van der Waals surface area contributed by atoms with Crippen molar-refractivity contribution >= 4 is 43.5 Å². The second-order valence-corrected chi connectivity index (χ2v) is 11.1. The van der Waals surface area contributed by atoms with Crippen LogP contribution >= 0.6 is 15.9 Å². The van der Waals surface area contributed by atoms with E-state index >= 15 is 0 Å². The van der Waals surface area contributed by atoms with Crippen molar-refractivity contribution in [3.05, 3.63) is 58.6 Å². The average molecular weight is 569 g/mol. The van der Waals surface area contributed by atoms with Crippen LogP contribution in [0.25, 0.3) is 0 Å². The van der Waals surface area contributed by atoms with E-state index in [1.54, 1.807) is 38.1 Å². The predicted octanol–water partition coefficient (Wildman–Crippen LogP) is 3.95. The fourth-order valence-corrected chi connectivity index (χ4v) is 4.72. The Morgan fingerprint density at radius 1 is 1.09 bits per heavy atom. The number of ether oxygens (including phenoxy) is 1. The lowest BCUT2D eigenvalue weighted by atomic mass is 10.1. The summed E-state index contributed by atoms with van der Waals surface area (Å²) in [7, 11) is -3.84. The third-order valence-corrected chi connectivity index (χ3v) is 7.14. The lowest BCUT2D eigenvalue weighted by molar-refractivity contribution is -0.139. The largest absolute Gasteiger partial charge is 0.492 e. The van der Waals surface area contributed by atoms with Gasteiger partial charge in [-0.1, -0.05) is 47.1 Å². The van der Waals surface area contributed by atoms with Crippen LogP contribution in [0.3, 0.4) is 0 Å². The first-order chi connectivity index (χ1) is 16.5. The van der Waals surface area contributed by atoms with Crippen molar-refractivity contribution in [1.82, 2.24) is 10.2 Å². The molecule has 0 saturated carbocycles. The van der Waals surface area contributed by atoms with Crippen LogP contribution in [0, 0.1) is 0 Å². The van der Waals surface area contributed by atoms with Crippen molar-refractivity contribution in [1.29, 1.82) is 0 Å². The zero-order chi connectivity index (χ0) is 26.2. The van der Waals surface area contributed by atoms with E-state index in [0.717, 1.165) is 27.0 Å². The molecule has 0 aliphatic rings. The highest BCUT2D eigenvalue weighted by Gasteiger charge is 2.31. The molecule has 8 nitrogen and oxygen atoms in total. The Hall–Kier alpha value is -2.59. The summed E-state index contributed by atoms with van der Waals surface area (Å²) in [5, 5.41) is 2.91. The lowest BCUT2D eigenvalue weighted by Gasteiger charge is -2.32. The quantitative estimate of drug-likeness (QED) is 0.419. The van der Waals surface area contributed by atoms with Gasteiger partial charge in [0.25, 0.3) is 0 Å². The highest BCUT2D eigenvalue weighted by atomic mass is 79.9. The molecule has 2 rings (SSSR count). The monoisotopic (exact) mass is 567 g/mol. The van der Waals surface area contributed by atoms with Gasteiger partial charge < -0.3 is 15.0 Å². The van der Waals surface area contributed by atoms with Gasteiger partial charge in [-0.2, -0.15) is 0 Å². The van der Waals surface area contributed by atoms with Gasteiger partial charge in [-0.25, -0.2) is 8.42 Å². The zero-order valence-electron chi connectivity index (χ0n) is 20.8. The van der Waals surface area contributed by atoms with E-state index < -0.39 is 28.5 Å². The molecule has 0 fully saturated rings. The Bertz CT molecular complexity index is 1130. The molecule has 0 aromatic heterocycles. The summed E-state index contributed by atoms with van der Waals surface area (Å²) in [5.74, 6) is -0.453. The van der Waals surface area contributed by atoms with E-state index in [1.165, 1.54) is 4.90 Å². The van der Waals surface area contributed by atoms with Crippen molar-refractivity contribution < 1.29 is 22.7 Å². The summed E-state index contributed by atoms with van der Waals surface area (Å²) in [4.78, 5) is 28.0. The fraction of sp³-hybridized carbons (Fsp3) is 0.440.